The molecule has 1 amide bonds. The number of hydrogen-bond donors (Lipinski definition) is 0. The number of sulfone groups is 1. The van der Waals surface area contributed by atoms with E-state index in [4.69, 9.17) is 0 Å². The number of hydrogen-bond acceptors (Lipinski definition) is 4. The molecule has 0 saturated carbocycles. The van der Waals surface area contributed by atoms with Crippen LogP contribution in [-0.2, 0) is 15.6 Å². The summed E-state index contributed by atoms with van der Waals surface area (Å²) in [6.45, 7) is 1.34. The highest BCUT2D eigenvalue weighted by molar-refractivity contribution is 7.89. The van der Waals surface area contributed by atoms with Crippen LogP contribution in [0.25, 0.3) is 0 Å². The van der Waals surface area contributed by atoms with Crippen LogP contribution in [-0.4, -0.2) is 48.4 Å². The number of likely N-dealkylation sites (tertiary alicyclic amines) is 1. The fourth-order valence-corrected chi connectivity index (χ4v) is 3.92. The third-order valence-electron chi connectivity index (χ3n) is 4.19. The molecular formula is C17H21N3O3S. The SMILES string of the molecule is CS(=O)(=O)Cc1cccc(C(=O)N2CCC[C@H](n3cccn3)C2)c1. The number of rotatable bonds is 4. The van der Waals surface area contributed by atoms with Gasteiger partial charge in [-0.3, -0.25) is 9.48 Å². The summed E-state index contributed by atoms with van der Waals surface area (Å²) in [6.07, 6.45) is 6.79. The lowest BCUT2D eigenvalue weighted by Crippen LogP contribution is -2.40. The topological polar surface area (TPSA) is 72.3 Å². The fraction of sp³-hybridized carbons (Fsp3) is 0.412. The molecule has 3 rings (SSSR count). The maximum absolute atomic E-state index is 12.8. The second-order valence-electron chi connectivity index (χ2n) is 6.30. The molecule has 1 saturated heterocycles. The third-order valence-corrected chi connectivity index (χ3v) is 5.04. The molecule has 1 aromatic carbocycles. The van der Waals surface area contributed by atoms with Crippen LogP contribution in [0.3, 0.4) is 0 Å². The molecule has 7 heteroatoms. The van der Waals surface area contributed by atoms with Crippen LogP contribution in [0.1, 0.15) is 34.8 Å². The van der Waals surface area contributed by atoms with Crippen LogP contribution < -0.4 is 0 Å². The van der Waals surface area contributed by atoms with Crippen molar-refractivity contribution in [3.63, 3.8) is 0 Å². The van der Waals surface area contributed by atoms with Crippen molar-refractivity contribution < 1.29 is 13.2 Å². The van der Waals surface area contributed by atoms with Crippen LogP contribution in [0.4, 0.5) is 0 Å². The van der Waals surface area contributed by atoms with E-state index in [1.165, 1.54) is 6.26 Å². The second-order valence-corrected chi connectivity index (χ2v) is 8.44. The van der Waals surface area contributed by atoms with Gasteiger partial charge in [-0.15, -0.1) is 0 Å². The average molecular weight is 347 g/mol. The predicted molar refractivity (Wildman–Crippen MR) is 91.4 cm³/mol. The standard InChI is InChI=1S/C17H21N3O3S/c1-24(22,23)13-14-5-2-6-15(11-14)17(21)19-9-3-7-16(12-19)20-10-4-8-18-20/h2,4-6,8,10-11,16H,3,7,9,12-13H2,1H3/t16-/m0/s1. The summed E-state index contributed by atoms with van der Waals surface area (Å²) in [4.78, 5) is 14.6. The lowest BCUT2D eigenvalue weighted by molar-refractivity contribution is 0.0673. The largest absolute Gasteiger partial charge is 0.337 e. The maximum Gasteiger partial charge on any atom is 0.253 e. The summed E-state index contributed by atoms with van der Waals surface area (Å²) >= 11 is 0. The Bertz CT molecular complexity index is 815. The number of nitrogens with zero attached hydrogens (tertiary/aromatic N) is 3. The zero-order valence-corrected chi connectivity index (χ0v) is 14.4. The Morgan fingerprint density at radius 2 is 2.17 bits per heavy atom. The molecule has 0 unspecified atom stereocenters. The summed E-state index contributed by atoms with van der Waals surface area (Å²) in [5.74, 6) is -0.105. The van der Waals surface area contributed by atoms with E-state index in [1.54, 1.807) is 30.5 Å². The molecule has 1 aromatic heterocycles. The third kappa shape index (κ3) is 4.03. The first kappa shape index (κ1) is 16.7. The Morgan fingerprint density at radius 1 is 1.33 bits per heavy atom. The number of carbonyl (C=O) groups excluding carboxylic acids is 1. The molecular weight excluding hydrogens is 326 g/mol. The lowest BCUT2D eigenvalue weighted by atomic mass is 10.0. The normalized spacial score (nSPS) is 18.5. The van der Waals surface area contributed by atoms with Crippen LogP contribution in [0.5, 0.6) is 0 Å². The molecule has 1 atom stereocenters. The predicted octanol–water partition coefficient (Wildman–Crippen LogP) is 1.91. The molecule has 0 radical (unpaired) electrons. The van der Waals surface area contributed by atoms with Gasteiger partial charge in [-0.2, -0.15) is 5.10 Å². The smallest absolute Gasteiger partial charge is 0.253 e. The van der Waals surface area contributed by atoms with E-state index in [-0.39, 0.29) is 17.7 Å². The van der Waals surface area contributed by atoms with Gasteiger partial charge in [0.2, 0.25) is 0 Å². The molecule has 2 heterocycles. The highest BCUT2D eigenvalue weighted by atomic mass is 32.2. The van der Waals surface area contributed by atoms with Gasteiger partial charge < -0.3 is 4.90 Å². The first-order valence-corrected chi connectivity index (χ1v) is 10.0. The van der Waals surface area contributed by atoms with Crippen LogP contribution >= 0.6 is 0 Å². The summed E-state index contributed by atoms with van der Waals surface area (Å²) in [5.41, 5.74) is 1.18. The van der Waals surface area contributed by atoms with E-state index in [0.29, 0.717) is 24.2 Å². The van der Waals surface area contributed by atoms with Crippen molar-refractivity contribution in [2.75, 3.05) is 19.3 Å². The number of aromatic nitrogens is 2. The van der Waals surface area contributed by atoms with Gasteiger partial charge in [0.25, 0.3) is 5.91 Å². The van der Waals surface area contributed by atoms with Gasteiger partial charge in [-0.05, 0) is 36.6 Å². The van der Waals surface area contributed by atoms with E-state index in [9.17, 15) is 13.2 Å². The van der Waals surface area contributed by atoms with E-state index in [0.717, 1.165) is 12.8 Å². The second kappa shape index (κ2) is 6.76. The van der Waals surface area contributed by atoms with Crippen molar-refractivity contribution in [3.8, 4) is 0 Å². The van der Waals surface area contributed by atoms with Crippen LogP contribution in [0, 0.1) is 0 Å². The van der Waals surface area contributed by atoms with Crippen molar-refractivity contribution in [2.45, 2.75) is 24.6 Å². The zero-order valence-electron chi connectivity index (χ0n) is 13.6. The highest BCUT2D eigenvalue weighted by Gasteiger charge is 2.25. The van der Waals surface area contributed by atoms with Crippen LogP contribution in [0.2, 0.25) is 0 Å². The minimum absolute atomic E-state index is 0.0516. The fourth-order valence-electron chi connectivity index (χ4n) is 3.13. The van der Waals surface area contributed by atoms with Gasteiger partial charge in [0.1, 0.15) is 0 Å². The van der Waals surface area contributed by atoms with Gasteiger partial charge in [0.15, 0.2) is 9.84 Å². The average Bonchev–Trinajstić information content (AvgIpc) is 3.07. The number of carbonyl (C=O) groups is 1. The van der Waals surface area contributed by atoms with Gasteiger partial charge in [-0.25, -0.2) is 8.42 Å². The van der Waals surface area contributed by atoms with Crippen LogP contribution in [0.15, 0.2) is 42.7 Å². The number of amides is 1. The summed E-state index contributed by atoms with van der Waals surface area (Å²) in [6, 6.07) is 8.97. The Balaban J connectivity index is 1.75. The van der Waals surface area contributed by atoms with Crippen molar-refractivity contribution in [2.24, 2.45) is 0 Å². The molecule has 1 fully saturated rings. The summed E-state index contributed by atoms with van der Waals surface area (Å²) in [7, 11) is -3.12. The van der Waals surface area contributed by atoms with E-state index in [2.05, 4.69) is 5.10 Å². The van der Waals surface area contributed by atoms with Gasteiger partial charge in [0.05, 0.1) is 11.8 Å². The molecule has 2 aromatic rings. The highest BCUT2D eigenvalue weighted by Crippen LogP contribution is 2.22. The minimum Gasteiger partial charge on any atom is -0.337 e. The van der Waals surface area contributed by atoms with Crippen molar-refractivity contribution >= 4 is 15.7 Å². The number of piperidine rings is 1. The maximum atomic E-state index is 12.8. The Kier molecular flexibility index (Phi) is 4.71. The lowest BCUT2D eigenvalue weighted by Gasteiger charge is -2.33. The first-order chi connectivity index (χ1) is 11.4. The molecule has 6 nitrogen and oxygen atoms in total. The monoisotopic (exact) mass is 347 g/mol. The quantitative estimate of drug-likeness (QED) is 0.847. The zero-order chi connectivity index (χ0) is 17.2. The van der Waals surface area contributed by atoms with Gasteiger partial charge in [-0.1, -0.05) is 12.1 Å². The van der Waals surface area contributed by atoms with E-state index < -0.39 is 9.84 Å². The van der Waals surface area contributed by atoms with E-state index >= 15 is 0 Å². The van der Waals surface area contributed by atoms with Crippen molar-refractivity contribution in [3.05, 3.63) is 53.9 Å². The molecule has 1 aliphatic rings. The molecule has 0 N–H and O–H groups in total. The molecule has 1 aliphatic heterocycles. The molecule has 0 bridgehead atoms. The van der Waals surface area contributed by atoms with Gasteiger partial charge in [0, 0.05) is 37.3 Å². The Labute approximate surface area is 142 Å². The summed E-state index contributed by atoms with van der Waals surface area (Å²) in [5, 5.41) is 4.27. The molecule has 0 aliphatic carbocycles. The Morgan fingerprint density at radius 3 is 2.88 bits per heavy atom. The van der Waals surface area contributed by atoms with Gasteiger partial charge >= 0.3 is 0 Å². The molecule has 0 spiro atoms. The van der Waals surface area contributed by atoms with Crippen molar-refractivity contribution in [1.82, 2.24) is 14.7 Å². The van der Waals surface area contributed by atoms with Crippen molar-refractivity contribution in [1.29, 1.82) is 0 Å². The number of benzene rings is 1. The first-order valence-electron chi connectivity index (χ1n) is 7.97. The summed E-state index contributed by atoms with van der Waals surface area (Å²) < 4.78 is 24.8. The van der Waals surface area contributed by atoms with E-state index in [1.807, 2.05) is 21.8 Å². The Hall–Kier alpha value is -2.15. The molecule has 24 heavy (non-hydrogen) atoms. The minimum atomic E-state index is -3.12. The molecule has 128 valence electrons.